The molecule has 0 aliphatic carbocycles. The zero-order valence-corrected chi connectivity index (χ0v) is 20.5. The van der Waals surface area contributed by atoms with Crippen LogP contribution in [-0.4, -0.2) is 57.6 Å². The van der Waals surface area contributed by atoms with Gasteiger partial charge >= 0.3 is 0 Å². The van der Waals surface area contributed by atoms with Gasteiger partial charge in [-0.2, -0.15) is 0 Å². The van der Waals surface area contributed by atoms with E-state index in [0.29, 0.717) is 0 Å². The first-order valence-corrected chi connectivity index (χ1v) is 10.7. The second-order valence-corrected chi connectivity index (χ2v) is 7.34. The minimum atomic E-state index is -0.0405. The van der Waals surface area contributed by atoms with Gasteiger partial charge in [-0.1, -0.05) is 30.3 Å². The smallest absolute Gasteiger partial charge is 0.191 e. The van der Waals surface area contributed by atoms with E-state index in [1.54, 1.807) is 0 Å². The number of guanidine groups is 1. The summed E-state index contributed by atoms with van der Waals surface area (Å²) in [6, 6.07) is 10.9. The van der Waals surface area contributed by atoms with Gasteiger partial charge in [0.25, 0.3) is 0 Å². The summed E-state index contributed by atoms with van der Waals surface area (Å²) in [4.78, 5) is 4.91. The Balaban J connectivity index is 0.00000420. The predicted molar refractivity (Wildman–Crippen MR) is 131 cm³/mol. The van der Waals surface area contributed by atoms with Crippen LogP contribution < -0.4 is 16.0 Å². The van der Waals surface area contributed by atoms with Crippen molar-refractivity contribution in [3.63, 3.8) is 0 Å². The van der Waals surface area contributed by atoms with E-state index < -0.39 is 0 Å². The average molecular weight is 518 g/mol. The molecule has 1 atom stereocenters. The normalized spacial score (nSPS) is 17.3. The first kappa shape index (κ1) is 26.1. The number of benzene rings is 1. The van der Waals surface area contributed by atoms with Crippen LogP contribution in [0.5, 0.6) is 0 Å². The van der Waals surface area contributed by atoms with Crippen molar-refractivity contribution in [3.8, 4) is 0 Å². The lowest BCUT2D eigenvalue weighted by Gasteiger charge is -2.39. The molecule has 29 heavy (non-hydrogen) atoms. The third-order valence-corrected chi connectivity index (χ3v) is 5.12. The van der Waals surface area contributed by atoms with Crippen molar-refractivity contribution in [2.45, 2.75) is 51.6 Å². The number of hydrogen-bond acceptors (Lipinski definition) is 4. The first-order chi connectivity index (χ1) is 13.7. The molecule has 3 N–H and O–H groups in total. The van der Waals surface area contributed by atoms with E-state index in [2.05, 4.69) is 60.1 Å². The van der Waals surface area contributed by atoms with Crippen LogP contribution >= 0.6 is 24.0 Å². The van der Waals surface area contributed by atoms with Crippen molar-refractivity contribution < 1.29 is 9.47 Å². The number of halogens is 1. The maximum atomic E-state index is 5.64. The number of nitrogens with zero attached hydrogens (tertiary/aromatic N) is 1. The fourth-order valence-electron chi connectivity index (χ4n) is 3.49. The highest BCUT2D eigenvalue weighted by atomic mass is 127. The van der Waals surface area contributed by atoms with Gasteiger partial charge in [0.15, 0.2) is 5.96 Å². The van der Waals surface area contributed by atoms with Crippen molar-refractivity contribution in [1.82, 2.24) is 16.0 Å². The standard InChI is InChI=1S/C22H38N4O2.HI/c1-4-23-21(24-14-9-15-27-5-2)25-18-22(12-16-28-17-13-22)26-19(3)20-10-7-6-8-11-20;/h6-8,10-11,19,26H,4-5,9,12-18H2,1-3H3,(H2,23,24,25);1H. The molecule has 1 unspecified atom stereocenters. The van der Waals surface area contributed by atoms with Gasteiger partial charge in [0.05, 0.1) is 6.54 Å². The highest BCUT2D eigenvalue weighted by molar-refractivity contribution is 14.0. The third kappa shape index (κ3) is 9.63. The highest BCUT2D eigenvalue weighted by Crippen LogP contribution is 2.26. The topological polar surface area (TPSA) is 66.9 Å². The van der Waals surface area contributed by atoms with Crippen LogP contribution in [0.1, 0.15) is 51.6 Å². The van der Waals surface area contributed by atoms with Gasteiger partial charge in [0, 0.05) is 51.1 Å². The van der Waals surface area contributed by atoms with Gasteiger partial charge in [-0.3, -0.25) is 4.99 Å². The Hall–Kier alpha value is -0.900. The van der Waals surface area contributed by atoms with Gasteiger partial charge in [-0.15, -0.1) is 24.0 Å². The van der Waals surface area contributed by atoms with Crippen molar-refractivity contribution in [2.75, 3.05) is 46.1 Å². The Morgan fingerprint density at radius 1 is 1.17 bits per heavy atom. The molecular weight excluding hydrogens is 479 g/mol. The molecule has 0 amide bonds. The zero-order chi connectivity index (χ0) is 20.1. The van der Waals surface area contributed by atoms with E-state index in [9.17, 15) is 0 Å². The van der Waals surface area contributed by atoms with Crippen LogP contribution in [0.3, 0.4) is 0 Å². The summed E-state index contributed by atoms with van der Waals surface area (Å²) < 4.78 is 11.0. The lowest BCUT2D eigenvalue weighted by Crippen LogP contribution is -2.53. The van der Waals surface area contributed by atoms with Crippen LogP contribution in [0.2, 0.25) is 0 Å². The Bertz CT molecular complexity index is 565. The lowest BCUT2D eigenvalue weighted by atomic mass is 9.88. The Labute approximate surface area is 193 Å². The van der Waals surface area contributed by atoms with E-state index in [-0.39, 0.29) is 35.6 Å². The molecule has 1 aromatic carbocycles. The second kappa shape index (κ2) is 15.0. The van der Waals surface area contributed by atoms with Crippen molar-refractivity contribution >= 4 is 29.9 Å². The van der Waals surface area contributed by atoms with Crippen LogP contribution in [0.25, 0.3) is 0 Å². The van der Waals surface area contributed by atoms with Crippen molar-refractivity contribution in [3.05, 3.63) is 35.9 Å². The maximum Gasteiger partial charge on any atom is 0.191 e. The lowest BCUT2D eigenvalue weighted by molar-refractivity contribution is 0.0374. The van der Waals surface area contributed by atoms with E-state index >= 15 is 0 Å². The first-order valence-electron chi connectivity index (χ1n) is 10.7. The van der Waals surface area contributed by atoms with Gasteiger partial charge < -0.3 is 25.4 Å². The average Bonchev–Trinajstić information content (AvgIpc) is 2.73. The summed E-state index contributed by atoms with van der Waals surface area (Å²) in [6.07, 6.45) is 2.91. The molecule has 0 bridgehead atoms. The summed E-state index contributed by atoms with van der Waals surface area (Å²) in [5, 5.41) is 10.6. The number of hydrogen-bond donors (Lipinski definition) is 3. The molecule has 166 valence electrons. The Morgan fingerprint density at radius 3 is 2.55 bits per heavy atom. The molecule has 6 nitrogen and oxygen atoms in total. The molecule has 1 fully saturated rings. The van der Waals surface area contributed by atoms with Gasteiger partial charge in [0.2, 0.25) is 0 Å². The maximum absolute atomic E-state index is 5.64. The monoisotopic (exact) mass is 518 g/mol. The van der Waals surface area contributed by atoms with E-state index in [0.717, 1.165) is 71.3 Å². The Morgan fingerprint density at radius 2 is 1.90 bits per heavy atom. The number of rotatable bonds is 11. The molecule has 1 aromatic rings. The van der Waals surface area contributed by atoms with Crippen LogP contribution in [0, 0.1) is 0 Å². The summed E-state index contributed by atoms with van der Waals surface area (Å²) in [7, 11) is 0. The molecule has 1 aliphatic heterocycles. The highest BCUT2D eigenvalue weighted by Gasteiger charge is 2.34. The quantitative estimate of drug-likeness (QED) is 0.181. The molecule has 1 aliphatic rings. The van der Waals surface area contributed by atoms with E-state index in [1.807, 2.05) is 6.92 Å². The summed E-state index contributed by atoms with van der Waals surface area (Å²) in [5.41, 5.74) is 1.26. The van der Waals surface area contributed by atoms with Crippen LogP contribution in [0.4, 0.5) is 0 Å². The predicted octanol–water partition coefficient (Wildman–Crippen LogP) is 3.49. The fraction of sp³-hybridized carbons (Fsp3) is 0.682. The van der Waals surface area contributed by atoms with Gasteiger partial charge in [0.1, 0.15) is 0 Å². The molecule has 7 heteroatoms. The third-order valence-electron chi connectivity index (χ3n) is 5.12. The largest absolute Gasteiger partial charge is 0.382 e. The zero-order valence-electron chi connectivity index (χ0n) is 18.2. The molecule has 1 saturated heterocycles. The van der Waals surface area contributed by atoms with E-state index in [1.165, 1.54) is 5.56 Å². The summed E-state index contributed by atoms with van der Waals surface area (Å²) >= 11 is 0. The van der Waals surface area contributed by atoms with E-state index in [4.69, 9.17) is 14.5 Å². The van der Waals surface area contributed by atoms with Crippen molar-refractivity contribution in [2.24, 2.45) is 4.99 Å². The van der Waals surface area contributed by atoms with Crippen molar-refractivity contribution in [1.29, 1.82) is 0 Å². The van der Waals surface area contributed by atoms with Gasteiger partial charge in [-0.25, -0.2) is 0 Å². The number of nitrogens with one attached hydrogen (secondary N) is 3. The SMILES string of the molecule is CCNC(=NCC1(NC(C)c2ccccc2)CCOCC1)NCCCOCC.I. The summed E-state index contributed by atoms with van der Waals surface area (Å²) in [6.45, 7) is 11.9. The summed E-state index contributed by atoms with van der Waals surface area (Å²) in [5.74, 6) is 0.874. The van der Waals surface area contributed by atoms with Gasteiger partial charge in [-0.05, 0) is 45.6 Å². The minimum Gasteiger partial charge on any atom is -0.382 e. The van der Waals surface area contributed by atoms with Crippen LogP contribution in [-0.2, 0) is 9.47 Å². The molecule has 0 aromatic heterocycles. The Kier molecular flexibility index (Phi) is 13.5. The van der Waals surface area contributed by atoms with Crippen LogP contribution in [0.15, 0.2) is 35.3 Å². The molecule has 0 spiro atoms. The fourth-order valence-corrected chi connectivity index (χ4v) is 3.49. The molecule has 0 saturated carbocycles. The second-order valence-electron chi connectivity index (χ2n) is 7.34. The molecule has 1 heterocycles. The number of ether oxygens (including phenoxy) is 2. The molecule has 0 radical (unpaired) electrons. The molecular formula is C22H39IN4O2. The minimum absolute atomic E-state index is 0. The number of aliphatic imine (C=N–C) groups is 1. The molecule has 2 rings (SSSR count).